The Kier molecular flexibility index (Phi) is 5.67. The summed E-state index contributed by atoms with van der Waals surface area (Å²) in [6, 6.07) is 14.2. The number of hydrogen-bond donors (Lipinski definition) is 1. The van der Waals surface area contributed by atoms with Gasteiger partial charge in [-0.3, -0.25) is 14.6 Å². The van der Waals surface area contributed by atoms with E-state index in [1.54, 1.807) is 6.26 Å². The monoisotopic (exact) mass is 327 g/mol. The van der Waals surface area contributed by atoms with Crippen LogP contribution in [0, 0.1) is 0 Å². The molecule has 0 radical (unpaired) electrons. The van der Waals surface area contributed by atoms with E-state index in [4.69, 9.17) is 4.42 Å². The van der Waals surface area contributed by atoms with Crippen molar-refractivity contribution in [2.45, 2.75) is 19.5 Å². The second-order valence-electron chi connectivity index (χ2n) is 6.34. The molecular formula is C19H25N3O2. The van der Waals surface area contributed by atoms with Crippen LogP contribution in [0.3, 0.4) is 0 Å². The van der Waals surface area contributed by atoms with Crippen molar-refractivity contribution in [3.63, 3.8) is 0 Å². The summed E-state index contributed by atoms with van der Waals surface area (Å²) < 4.78 is 5.32. The van der Waals surface area contributed by atoms with Crippen molar-refractivity contribution in [2.24, 2.45) is 0 Å². The van der Waals surface area contributed by atoms with Crippen LogP contribution in [0.1, 0.15) is 24.3 Å². The van der Waals surface area contributed by atoms with Gasteiger partial charge in [0, 0.05) is 32.7 Å². The SMILES string of the molecule is C[C@@H](NC(=O)CN1CCN(Cc2ccccc2)CC1)c1ccco1. The van der Waals surface area contributed by atoms with Crippen LogP contribution in [0.2, 0.25) is 0 Å². The van der Waals surface area contributed by atoms with Crippen LogP contribution in [0.25, 0.3) is 0 Å². The van der Waals surface area contributed by atoms with Crippen LogP contribution in [-0.2, 0) is 11.3 Å². The van der Waals surface area contributed by atoms with Crippen LogP contribution in [-0.4, -0.2) is 48.4 Å². The number of piperazine rings is 1. The molecule has 0 aliphatic carbocycles. The number of nitrogens with one attached hydrogen (secondary N) is 1. The number of nitrogens with zero attached hydrogens (tertiary/aromatic N) is 2. The summed E-state index contributed by atoms with van der Waals surface area (Å²) in [7, 11) is 0. The fourth-order valence-corrected chi connectivity index (χ4v) is 3.05. The number of amides is 1. The minimum atomic E-state index is -0.0909. The molecule has 2 heterocycles. The molecule has 0 saturated carbocycles. The summed E-state index contributed by atoms with van der Waals surface area (Å²) in [5, 5.41) is 2.99. The smallest absolute Gasteiger partial charge is 0.234 e. The van der Waals surface area contributed by atoms with Gasteiger partial charge >= 0.3 is 0 Å². The van der Waals surface area contributed by atoms with Gasteiger partial charge < -0.3 is 9.73 Å². The maximum absolute atomic E-state index is 12.2. The van der Waals surface area contributed by atoms with Crippen LogP contribution in [0.5, 0.6) is 0 Å². The van der Waals surface area contributed by atoms with Crippen molar-refractivity contribution in [1.29, 1.82) is 0 Å². The minimum Gasteiger partial charge on any atom is -0.467 e. The molecule has 1 aromatic heterocycles. The Morgan fingerprint density at radius 3 is 2.46 bits per heavy atom. The number of carbonyl (C=O) groups is 1. The van der Waals surface area contributed by atoms with Crippen LogP contribution < -0.4 is 5.32 Å². The highest BCUT2D eigenvalue weighted by molar-refractivity contribution is 5.78. The van der Waals surface area contributed by atoms with Crippen molar-refractivity contribution in [2.75, 3.05) is 32.7 Å². The van der Waals surface area contributed by atoms with Crippen molar-refractivity contribution in [3.05, 3.63) is 60.1 Å². The number of furan rings is 1. The van der Waals surface area contributed by atoms with E-state index >= 15 is 0 Å². The summed E-state index contributed by atoms with van der Waals surface area (Å²) in [6.07, 6.45) is 1.63. The van der Waals surface area contributed by atoms with Gasteiger partial charge in [0.15, 0.2) is 0 Å². The normalized spacial score (nSPS) is 17.5. The highest BCUT2D eigenvalue weighted by Crippen LogP contribution is 2.12. The largest absolute Gasteiger partial charge is 0.467 e. The van der Waals surface area contributed by atoms with Crippen LogP contribution >= 0.6 is 0 Å². The molecule has 1 saturated heterocycles. The molecule has 0 spiro atoms. The first-order valence-corrected chi connectivity index (χ1v) is 8.52. The average molecular weight is 327 g/mol. The molecule has 1 aliphatic rings. The quantitative estimate of drug-likeness (QED) is 0.884. The number of benzene rings is 1. The Morgan fingerprint density at radius 2 is 1.79 bits per heavy atom. The molecule has 0 bridgehead atoms. The summed E-state index contributed by atoms with van der Waals surface area (Å²) in [6.45, 7) is 7.21. The Hall–Kier alpha value is -2.11. The van der Waals surface area contributed by atoms with E-state index in [1.807, 2.05) is 25.1 Å². The average Bonchev–Trinajstić information content (AvgIpc) is 3.12. The molecule has 1 N–H and O–H groups in total. The number of carbonyl (C=O) groups excluding carboxylic acids is 1. The first-order valence-electron chi connectivity index (χ1n) is 8.52. The molecule has 5 nitrogen and oxygen atoms in total. The Labute approximate surface area is 143 Å². The predicted molar refractivity (Wildman–Crippen MR) is 93.4 cm³/mol. The molecule has 1 aliphatic heterocycles. The molecular weight excluding hydrogens is 302 g/mol. The van der Waals surface area contributed by atoms with Gasteiger partial charge in [0.25, 0.3) is 0 Å². The molecule has 128 valence electrons. The second-order valence-corrected chi connectivity index (χ2v) is 6.34. The number of rotatable bonds is 6. The lowest BCUT2D eigenvalue weighted by Crippen LogP contribution is -2.49. The van der Waals surface area contributed by atoms with E-state index in [0.717, 1.165) is 38.5 Å². The third kappa shape index (κ3) is 4.69. The van der Waals surface area contributed by atoms with Crippen molar-refractivity contribution in [3.8, 4) is 0 Å². The molecule has 3 rings (SSSR count). The predicted octanol–water partition coefficient (Wildman–Crippen LogP) is 2.27. The zero-order valence-corrected chi connectivity index (χ0v) is 14.1. The van der Waals surface area contributed by atoms with E-state index in [1.165, 1.54) is 5.56 Å². The fourth-order valence-electron chi connectivity index (χ4n) is 3.05. The molecule has 1 fully saturated rings. The van der Waals surface area contributed by atoms with Crippen molar-refractivity contribution >= 4 is 5.91 Å². The summed E-state index contributed by atoms with van der Waals surface area (Å²) >= 11 is 0. The van der Waals surface area contributed by atoms with E-state index in [-0.39, 0.29) is 11.9 Å². The third-order valence-electron chi connectivity index (χ3n) is 4.43. The Bertz CT molecular complexity index is 619. The number of hydrogen-bond acceptors (Lipinski definition) is 4. The van der Waals surface area contributed by atoms with Gasteiger partial charge in [-0.25, -0.2) is 0 Å². The van der Waals surface area contributed by atoms with Crippen LogP contribution in [0.4, 0.5) is 0 Å². The molecule has 0 unspecified atom stereocenters. The van der Waals surface area contributed by atoms with Gasteiger partial charge in [-0.2, -0.15) is 0 Å². The lowest BCUT2D eigenvalue weighted by atomic mass is 10.2. The van der Waals surface area contributed by atoms with Gasteiger partial charge in [0.05, 0.1) is 18.8 Å². The van der Waals surface area contributed by atoms with E-state index < -0.39 is 0 Å². The lowest BCUT2D eigenvalue weighted by Gasteiger charge is -2.34. The van der Waals surface area contributed by atoms with Gasteiger partial charge in [0.1, 0.15) is 5.76 Å². The molecule has 1 amide bonds. The Morgan fingerprint density at radius 1 is 1.08 bits per heavy atom. The van der Waals surface area contributed by atoms with Gasteiger partial charge in [0.2, 0.25) is 5.91 Å². The standard InChI is InChI=1S/C19H25N3O2/c1-16(18-8-5-13-24-18)20-19(23)15-22-11-9-21(10-12-22)14-17-6-3-2-4-7-17/h2-8,13,16H,9-12,14-15H2,1H3,(H,20,23)/t16-/m1/s1. The van der Waals surface area contributed by atoms with Crippen LogP contribution in [0.15, 0.2) is 53.1 Å². The zero-order chi connectivity index (χ0) is 16.8. The molecule has 5 heteroatoms. The van der Waals surface area contributed by atoms with E-state index in [0.29, 0.717) is 6.54 Å². The van der Waals surface area contributed by atoms with Gasteiger partial charge in [-0.05, 0) is 24.6 Å². The Balaban J connectivity index is 1.39. The summed E-state index contributed by atoms with van der Waals surface area (Å²) in [5.74, 6) is 0.839. The highest BCUT2D eigenvalue weighted by Gasteiger charge is 2.20. The zero-order valence-electron chi connectivity index (χ0n) is 14.1. The fraction of sp³-hybridized carbons (Fsp3) is 0.421. The maximum Gasteiger partial charge on any atom is 0.234 e. The first-order chi connectivity index (χ1) is 11.7. The van der Waals surface area contributed by atoms with Crippen molar-refractivity contribution in [1.82, 2.24) is 15.1 Å². The molecule has 1 aromatic carbocycles. The minimum absolute atomic E-state index is 0.0513. The summed E-state index contributed by atoms with van der Waals surface area (Å²) in [5.41, 5.74) is 1.34. The van der Waals surface area contributed by atoms with Crippen molar-refractivity contribution < 1.29 is 9.21 Å². The van der Waals surface area contributed by atoms with Gasteiger partial charge in [-0.15, -0.1) is 0 Å². The highest BCUT2D eigenvalue weighted by atomic mass is 16.3. The summed E-state index contributed by atoms with van der Waals surface area (Å²) in [4.78, 5) is 16.8. The molecule has 24 heavy (non-hydrogen) atoms. The van der Waals surface area contributed by atoms with E-state index in [9.17, 15) is 4.79 Å². The third-order valence-corrected chi connectivity index (χ3v) is 4.43. The lowest BCUT2D eigenvalue weighted by molar-refractivity contribution is -0.123. The maximum atomic E-state index is 12.2. The molecule has 1 atom stereocenters. The second kappa shape index (κ2) is 8.13. The topological polar surface area (TPSA) is 48.7 Å². The molecule has 2 aromatic rings. The first kappa shape index (κ1) is 16.7. The van der Waals surface area contributed by atoms with E-state index in [2.05, 4.69) is 39.4 Å². The van der Waals surface area contributed by atoms with Gasteiger partial charge in [-0.1, -0.05) is 30.3 Å².